The third kappa shape index (κ3) is 4.84. The van der Waals surface area contributed by atoms with E-state index in [2.05, 4.69) is 10.6 Å². The lowest BCUT2D eigenvalue weighted by Gasteiger charge is -2.09. The summed E-state index contributed by atoms with van der Waals surface area (Å²) in [5.74, 6) is -0.357. The molecular formula is C16H12Cl2N2OS. The van der Waals surface area contributed by atoms with Crippen LogP contribution in [0.2, 0.25) is 10.0 Å². The molecule has 2 aromatic carbocycles. The number of hydrogen-bond donors (Lipinski definition) is 2. The molecule has 0 aliphatic rings. The summed E-state index contributed by atoms with van der Waals surface area (Å²) in [5, 5.41) is 6.66. The van der Waals surface area contributed by atoms with Gasteiger partial charge in [-0.25, -0.2) is 0 Å². The summed E-state index contributed by atoms with van der Waals surface area (Å²) in [6.07, 6.45) is 2.98. The van der Waals surface area contributed by atoms with Gasteiger partial charge in [0.15, 0.2) is 5.11 Å². The maximum absolute atomic E-state index is 11.8. The Morgan fingerprint density at radius 3 is 2.32 bits per heavy atom. The van der Waals surface area contributed by atoms with Gasteiger partial charge >= 0.3 is 0 Å². The van der Waals surface area contributed by atoms with Crippen LogP contribution in [0, 0.1) is 0 Å². The molecule has 0 heterocycles. The van der Waals surface area contributed by atoms with Crippen LogP contribution in [-0.2, 0) is 4.79 Å². The Balaban J connectivity index is 1.93. The van der Waals surface area contributed by atoms with E-state index in [1.54, 1.807) is 24.3 Å². The van der Waals surface area contributed by atoms with Crippen LogP contribution in [0.3, 0.4) is 0 Å². The Bertz CT molecular complexity index is 732. The fourth-order valence-corrected chi connectivity index (χ4v) is 2.24. The van der Waals surface area contributed by atoms with E-state index in [4.69, 9.17) is 35.4 Å². The Kier molecular flexibility index (Phi) is 5.95. The van der Waals surface area contributed by atoms with Crippen molar-refractivity contribution < 1.29 is 4.79 Å². The van der Waals surface area contributed by atoms with Crippen molar-refractivity contribution in [2.24, 2.45) is 0 Å². The quantitative estimate of drug-likeness (QED) is 0.631. The largest absolute Gasteiger partial charge is 0.331 e. The molecule has 2 rings (SSSR count). The molecule has 3 nitrogen and oxygen atoms in total. The number of anilines is 1. The van der Waals surface area contributed by atoms with Crippen LogP contribution in [0.5, 0.6) is 0 Å². The molecule has 2 aromatic rings. The van der Waals surface area contributed by atoms with Crippen LogP contribution >= 0.6 is 35.4 Å². The number of nitrogens with one attached hydrogen (secondary N) is 2. The molecule has 0 aliphatic heterocycles. The fraction of sp³-hybridized carbons (Fsp3) is 0. The number of thiocarbonyl (C=S) groups is 1. The number of carbonyl (C=O) groups excluding carboxylic acids is 1. The molecule has 0 atom stereocenters. The number of para-hydroxylation sites is 1. The topological polar surface area (TPSA) is 41.1 Å². The standard InChI is InChI=1S/C16H12Cl2N2OS/c17-12-6-2-1-5-11(12)9-10-15(21)20-16(22)19-14-8-4-3-7-13(14)18/h1-10H,(H2,19,20,21,22)/b10-9+. The Hall–Kier alpha value is -1.88. The molecule has 6 heteroatoms. The van der Waals surface area contributed by atoms with Crippen molar-refractivity contribution in [2.45, 2.75) is 0 Å². The first kappa shape index (κ1) is 16.5. The minimum atomic E-state index is -0.357. The first-order valence-electron chi connectivity index (χ1n) is 6.35. The Labute approximate surface area is 143 Å². The van der Waals surface area contributed by atoms with Crippen LogP contribution in [0.1, 0.15) is 5.56 Å². The highest BCUT2D eigenvalue weighted by atomic mass is 35.5. The fourth-order valence-electron chi connectivity index (χ4n) is 1.65. The molecule has 0 fully saturated rings. The molecule has 0 aliphatic carbocycles. The lowest BCUT2D eigenvalue weighted by Crippen LogP contribution is -2.32. The van der Waals surface area contributed by atoms with E-state index in [1.165, 1.54) is 6.08 Å². The minimum absolute atomic E-state index is 0.168. The van der Waals surface area contributed by atoms with Gasteiger partial charge in [0.25, 0.3) is 0 Å². The van der Waals surface area contributed by atoms with Crippen molar-refractivity contribution in [3.63, 3.8) is 0 Å². The molecule has 0 saturated carbocycles. The summed E-state index contributed by atoms with van der Waals surface area (Å²) in [6, 6.07) is 14.3. The van der Waals surface area contributed by atoms with Gasteiger partial charge in [0.1, 0.15) is 0 Å². The van der Waals surface area contributed by atoms with Crippen molar-refractivity contribution in [1.29, 1.82) is 0 Å². The van der Waals surface area contributed by atoms with E-state index in [0.717, 1.165) is 5.56 Å². The molecule has 2 N–H and O–H groups in total. The van der Waals surface area contributed by atoms with Crippen LogP contribution in [0.15, 0.2) is 54.6 Å². The summed E-state index contributed by atoms with van der Waals surface area (Å²) < 4.78 is 0. The van der Waals surface area contributed by atoms with Gasteiger partial charge in [-0.05, 0) is 42.1 Å². The first-order chi connectivity index (χ1) is 10.6. The van der Waals surface area contributed by atoms with Gasteiger partial charge in [-0.1, -0.05) is 53.5 Å². The van der Waals surface area contributed by atoms with Gasteiger partial charge in [-0.3, -0.25) is 10.1 Å². The number of carbonyl (C=O) groups is 1. The molecule has 0 saturated heterocycles. The number of amides is 1. The highest BCUT2D eigenvalue weighted by Crippen LogP contribution is 2.20. The van der Waals surface area contributed by atoms with Crippen molar-refractivity contribution in [1.82, 2.24) is 5.32 Å². The second-order valence-corrected chi connectivity index (χ2v) is 5.50. The van der Waals surface area contributed by atoms with E-state index in [1.807, 2.05) is 30.3 Å². The number of hydrogen-bond acceptors (Lipinski definition) is 2. The van der Waals surface area contributed by atoms with Crippen LogP contribution < -0.4 is 10.6 Å². The molecular weight excluding hydrogens is 339 g/mol. The molecule has 0 bridgehead atoms. The third-order valence-electron chi connectivity index (χ3n) is 2.68. The SMILES string of the molecule is O=C(/C=C/c1ccccc1Cl)NC(=S)Nc1ccccc1Cl. The molecule has 0 aromatic heterocycles. The van der Waals surface area contributed by atoms with Gasteiger partial charge in [0.05, 0.1) is 10.7 Å². The van der Waals surface area contributed by atoms with E-state index < -0.39 is 0 Å². The Morgan fingerprint density at radius 2 is 1.64 bits per heavy atom. The second kappa shape index (κ2) is 7.94. The van der Waals surface area contributed by atoms with Crippen molar-refractivity contribution in [2.75, 3.05) is 5.32 Å². The average molecular weight is 351 g/mol. The minimum Gasteiger partial charge on any atom is -0.331 e. The zero-order chi connectivity index (χ0) is 15.9. The van der Waals surface area contributed by atoms with Crippen LogP contribution in [0.25, 0.3) is 6.08 Å². The molecule has 0 radical (unpaired) electrons. The highest BCUT2D eigenvalue weighted by Gasteiger charge is 2.04. The number of halogens is 2. The van der Waals surface area contributed by atoms with E-state index in [-0.39, 0.29) is 11.0 Å². The molecule has 1 amide bonds. The average Bonchev–Trinajstić information content (AvgIpc) is 2.49. The maximum atomic E-state index is 11.8. The van der Waals surface area contributed by atoms with Crippen LogP contribution in [0.4, 0.5) is 5.69 Å². The Morgan fingerprint density at radius 1 is 1.00 bits per heavy atom. The van der Waals surface area contributed by atoms with Gasteiger partial charge in [-0.15, -0.1) is 0 Å². The molecule has 22 heavy (non-hydrogen) atoms. The third-order valence-corrected chi connectivity index (χ3v) is 3.56. The second-order valence-electron chi connectivity index (χ2n) is 4.28. The maximum Gasteiger partial charge on any atom is 0.250 e. The van der Waals surface area contributed by atoms with Crippen LogP contribution in [-0.4, -0.2) is 11.0 Å². The van der Waals surface area contributed by atoms with E-state index in [0.29, 0.717) is 15.7 Å². The summed E-state index contributed by atoms with van der Waals surface area (Å²) in [5.41, 5.74) is 1.38. The van der Waals surface area contributed by atoms with Gasteiger partial charge in [-0.2, -0.15) is 0 Å². The van der Waals surface area contributed by atoms with E-state index in [9.17, 15) is 4.79 Å². The molecule has 0 unspecified atom stereocenters. The zero-order valence-corrected chi connectivity index (χ0v) is 13.7. The summed E-state index contributed by atoms with van der Waals surface area (Å²) in [6.45, 7) is 0. The normalized spacial score (nSPS) is 10.5. The lowest BCUT2D eigenvalue weighted by atomic mass is 10.2. The van der Waals surface area contributed by atoms with Crippen molar-refractivity contribution in [3.8, 4) is 0 Å². The summed E-state index contributed by atoms with van der Waals surface area (Å²) in [4.78, 5) is 11.8. The van der Waals surface area contributed by atoms with Crippen molar-refractivity contribution >= 4 is 58.2 Å². The monoisotopic (exact) mass is 350 g/mol. The predicted octanol–water partition coefficient (Wildman–Crippen LogP) is 4.52. The summed E-state index contributed by atoms with van der Waals surface area (Å²) >= 11 is 17.1. The van der Waals surface area contributed by atoms with E-state index >= 15 is 0 Å². The smallest absolute Gasteiger partial charge is 0.250 e. The zero-order valence-electron chi connectivity index (χ0n) is 11.3. The molecule has 112 valence electrons. The van der Waals surface area contributed by atoms with Gasteiger partial charge in [0, 0.05) is 11.1 Å². The van der Waals surface area contributed by atoms with Gasteiger partial charge in [0.2, 0.25) is 5.91 Å². The number of rotatable bonds is 3. The molecule has 0 spiro atoms. The lowest BCUT2D eigenvalue weighted by molar-refractivity contribution is -0.115. The van der Waals surface area contributed by atoms with Gasteiger partial charge < -0.3 is 5.32 Å². The predicted molar refractivity (Wildman–Crippen MR) is 96.3 cm³/mol. The van der Waals surface area contributed by atoms with Crippen molar-refractivity contribution in [3.05, 3.63) is 70.2 Å². The highest BCUT2D eigenvalue weighted by molar-refractivity contribution is 7.80. The first-order valence-corrected chi connectivity index (χ1v) is 7.52. The number of benzene rings is 2. The summed E-state index contributed by atoms with van der Waals surface area (Å²) in [7, 11) is 0.